The normalized spacial score (nSPS) is 12.9. The van der Waals surface area contributed by atoms with Crippen molar-refractivity contribution in [2.45, 2.75) is 32.5 Å². The zero-order valence-corrected chi connectivity index (χ0v) is 12.0. The van der Waals surface area contributed by atoms with Crippen LogP contribution < -0.4 is 5.62 Å². The molecule has 0 aliphatic heterocycles. The van der Waals surface area contributed by atoms with Gasteiger partial charge in [-0.15, -0.1) is 0 Å². The van der Waals surface area contributed by atoms with Crippen LogP contribution in [0.1, 0.15) is 25.2 Å². The fourth-order valence-corrected chi connectivity index (χ4v) is 2.67. The van der Waals surface area contributed by atoms with E-state index in [2.05, 4.69) is 6.92 Å². The van der Waals surface area contributed by atoms with E-state index in [0.717, 1.165) is 24.0 Å². The number of hydrogen-bond acceptors (Lipinski definition) is 3. The third-order valence-electron chi connectivity index (χ3n) is 3.65. The molecular formula is C16H19N3O2. The number of imidazole rings is 1. The molecule has 0 saturated heterocycles. The third kappa shape index (κ3) is 2.40. The van der Waals surface area contributed by atoms with Crippen molar-refractivity contribution in [1.82, 2.24) is 9.13 Å². The summed E-state index contributed by atoms with van der Waals surface area (Å²) in [6.07, 6.45) is 1.76. The molecule has 2 aromatic heterocycles. The summed E-state index contributed by atoms with van der Waals surface area (Å²) in [5.74, 6) is 0.522. The minimum absolute atomic E-state index is 0.309. The number of hydrogen-bond donors (Lipinski definition) is 2. The molecule has 3 rings (SSSR count). The van der Waals surface area contributed by atoms with Gasteiger partial charge in [-0.2, -0.15) is 0 Å². The van der Waals surface area contributed by atoms with Gasteiger partial charge in [0.25, 0.3) is 0 Å². The maximum atomic E-state index is 10.3. The minimum Gasteiger partial charge on any atom is -0.467 e. The number of aliphatic hydroxyl groups excluding tert-OH is 1. The van der Waals surface area contributed by atoms with E-state index < -0.39 is 6.10 Å². The van der Waals surface area contributed by atoms with Crippen molar-refractivity contribution in [3.63, 3.8) is 0 Å². The second-order valence-electron chi connectivity index (χ2n) is 5.11. The molecule has 0 aliphatic rings. The Balaban J connectivity index is 2.06. The smallest absolute Gasteiger partial charge is 0.203 e. The van der Waals surface area contributed by atoms with Crippen molar-refractivity contribution < 1.29 is 9.52 Å². The largest absolute Gasteiger partial charge is 0.467 e. The van der Waals surface area contributed by atoms with E-state index in [1.54, 1.807) is 18.4 Å². The first-order chi connectivity index (χ1) is 10.2. The predicted octanol–water partition coefficient (Wildman–Crippen LogP) is 2.66. The first-order valence-corrected chi connectivity index (χ1v) is 7.16. The quantitative estimate of drug-likeness (QED) is 0.756. The lowest BCUT2D eigenvalue weighted by molar-refractivity contribution is 0.129. The molecule has 0 radical (unpaired) electrons. The van der Waals surface area contributed by atoms with Gasteiger partial charge in [-0.05, 0) is 30.7 Å². The van der Waals surface area contributed by atoms with Gasteiger partial charge < -0.3 is 18.7 Å². The molecule has 0 fully saturated rings. The van der Waals surface area contributed by atoms with Crippen LogP contribution in [-0.2, 0) is 13.1 Å². The second kappa shape index (κ2) is 5.61. The number of nitrogens with one attached hydrogen (secondary N) is 1. The molecule has 0 amide bonds. The van der Waals surface area contributed by atoms with Crippen LogP contribution in [-0.4, -0.2) is 14.2 Å². The van der Waals surface area contributed by atoms with Gasteiger partial charge in [0.15, 0.2) is 0 Å². The Labute approximate surface area is 122 Å². The summed E-state index contributed by atoms with van der Waals surface area (Å²) in [4.78, 5) is 0. The van der Waals surface area contributed by atoms with Crippen molar-refractivity contribution in [3.8, 4) is 0 Å². The SMILES string of the molecule is CCCn1c(=N)n(C[C@H](O)c2ccco2)c2ccccc21. The van der Waals surface area contributed by atoms with Crippen molar-refractivity contribution in [2.24, 2.45) is 0 Å². The summed E-state index contributed by atoms with van der Waals surface area (Å²) >= 11 is 0. The van der Waals surface area contributed by atoms with E-state index in [1.165, 1.54) is 0 Å². The fourth-order valence-electron chi connectivity index (χ4n) is 2.67. The first-order valence-electron chi connectivity index (χ1n) is 7.16. The summed E-state index contributed by atoms with van der Waals surface area (Å²) < 4.78 is 9.05. The molecule has 0 unspecified atom stereocenters. The summed E-state index contributed by atoms with van der Waals surface area (Å²) in [6, 6.07) is 11.4. The lowest BCUT2D eigenvalue weighted by Crippen LogP contribution is -2.26. The topological polar surface area (TPSA) is 67.1 Å². The molecule has 0 saturated carbocycles. The van der Waals surface area contributed by atoms with E-state index in [1.807, 2.05) is 33.4 Å². The van der Waals surface area contributed by atoms with Gasteiger partial charge in [-0.25, -0.2) is 0 Å². The summed E-state index contributed by atoms with van der Waals surface area (Å²) in [5.41, 5.74) is 2.39. The molecule has 0 bridgehead atoms. The van der Waals surface area contributed by atoms with Crippen molar-refractivity contribution in [3.05, 3.63) is 54.0 Å². The second-order valence-corrected chi connectivity index (χ2v) is 5.11. The average molecular weight is 285 g/mol. The number of fused-ring (bicyclic) bond motifs is 1. The Morgan fingerprint density at radius 2 is 1.86 bits per heavy atom. The number of para-hydroxylation sites is 2. The van der Waals surface area contributed by atoms with Gasteiger partial charge in [-0.1, -0.05) is 19.1 Å². The van der Waals surface area contributed by atoms with Crippen LogP contribution in [0.15, 0.2) is 47.1 Å². The van der Waals surface area contributed by atoms with E-state index in [0.29, 0.717) is 17.9 Å². The number of rotatable bonds is 5. The molecule has 3 aromatic rings. The van der Waals surface area contributed by atoms with Gasteiger partial charge in [-0.3, -0.25) is 5.41 Å². The zero-order chi connectivity index (χ0) is 14.8. The molecule has 2 heterocycles. The Morgan fingerprint density at radius 1 is 1.14 bits per heavy atom. The minimum atomic E-state index is -0.755. The van der Waals surface area contributed by atoms with Crippen LogP contribution in [0.25, 0.3) is 11.0 Å². The highest BCUT2D eigenvalue weighted by atomic mass is 16.4. The number of benzene rings is 1. The van der Waals surface area contributed by atoms with E-state index in [4.69, 9.17) is 9.83 Å². The molecule has 21 heavy (non-hydrogen) atoms. The van der Waals surface area contributed by atoms with Crippen LogP contribution >= 0.6 is 0 Å². The fraction of sp³-hybridized carbons (Fsp3) is 0.312. The van der Waals surface area contributed by atoms with E-state index >= 15 is 0 Å². The van der Waals surface area contributed by atoms with Crippen molar-refractivity contribution >= 4 is 11.0 Å². The molecular weight excluding hydrogens is 266 g/mol. The maximum Gasteiger partial charge on any atom is 0.203 e. The van der Waals surface area contributed by atoms with Crippen molar-refractivity contribution in [2.75, 3.05) is 0 Å². The van der Waals surface area contributed by atoms with E-state index in [-0.39, 0.29) is 0 Å². The highest BCUT2D eigenvalue weighted by Crippen LogP contribution is 2.19. The predicted molar refractivity (Wildman–Crippen MR) is 79.7 cm³/mol. The Morgan fingerprint density at radius 3 is 2.48 bits per heavy atom. The number of nitrogens with zero attached hydrogens (tertiary/aromatic N) is 2. The van der Waals surface area contributed by atoms with Crippen LogP contribution in [0.5, 0.6) is 0 Å². The highest BCUT2D eigenvalue weighted by Gasteiger charge is 2.16. The summed E-state index contributed by atoms with van der Waals surface area (Å²) in [5, 5.41) is 18.7. The molecule has 0 aliphatic carbocycles. The molecule has 2 N–H and O–H groups in total. The molecule has 1 aromatic carbocycles. The van der Waals surface area contributed by atoms with Crippen molar-refractivity contribution in [1.29, 1.82) is 5.41 Å². The lowest BCUT2D eigenvalue weighted by Gasteiger charge is -2.09. The summed E-state index contributed by atoms with van der Waals surface area (Å²) in [7, 11) is 0. The third-order valence-corrected chi connectivity index (χ3v) is 3.65. The molecule has 1 atom stereocenters. The van der Waals surface area contributed by atoms with Gasteiger partial charge in [0.05, 0.1) is 23.8 Å². The lowest BCUT2D eigenvalue weighted by atomic mass is 10.2. The summed E-state index contributed by atoms with van der Waals surface area (Å²) in [6.45, 7) is 3.20. The number of aliphatic hydroxyl groups is 1. The van der Waals surface area contributed by atoms with Crippen LogP contribution in [0.4, 0.5) is 0 Å². The van der Waals surface area contributed by atoms with Crippen LogP contribution in [0.3, 0.4) is 0 Å². The van der Waals surface area contributed by atoms with Crippen LogP contribution in [0.2, 0.25) is 0 Å². The van der Waals surface area contributed by atoms with Gasteiger partial charge >= 0.3 is 0 Å². The number of aryl methyl sites for hydroxylation is 1. The maximum absolute atomic E-state index is 10.3. The number of aromatic nitrogens is 2. The van der Waals surface area contributed by atoms with E-state index in [9.17, 15) is 5.11 Å². The van der Waals surface area contributed by atoms with Gasteiger partial charge in [0, 0.05) is 6.54 Å². The van der Waals surface area contributed by atoms with Crippen LogP contribution in [0, 0.1) is 5.41 Å². The van der Waals surface area contributed by atoms with Gasteiger partial charge in [0.2, 0.25) is 5.62 Å². The average Bonchev–Trinajstić information content (AvgIpc) is 3.11. The molecule has 5 nitrogen and oxygen atoms in total. The Kier molecular flexibility index (Phi) is 3.66. The first kappa shape index (κ1) is 13.7. The van der Waals surface area contributed by atoms with Gasteiger partial charge in [0.1, 0.15) is 11.9 Å². The Bertz CT molecular complexity index is 784. The zero-order valence-electron chi connectivity index (χ0n) is 12.0. The molecule has 110 valence electrons. The highest BCUT2D eigenvalue weighted by molar-refractivity contribution is 5.75. The molecule has 0 spiro atoms. The Hall–Kier alpha value is -2.27. The number of furan rings is 1. The molecule has 5 heteroatoms. The monoisotopic (exact) mass is 285 g/mol. The standard InChI is InChI=1S/C16H19N3O2/c1-2-9-18-12-6-3-4-7-13(12)19(16(18)17)11-14(20)15-8-5-10-21-15/h3-8,10,14,17,20H,2,9,11H2,1H3/t14-/m0/s1.